The normalized spacial score (nSPS) is 13.1. The first-order valence-corrected chi connectivity index (χ1v) is 11.8. The minimum atomic E-state index is -0.194. The van der Waals surface area contributed by atoms with Crippen molar-refractivity contribution in [3.63, 3.8) is 0 Å². The Hall–Kier alpha value is -2.90. The van der Waals surface area contributed by atoms with Crippen LogP contribution in [0.2, 0.25) is 0 Å². The second-order valence-corrected chi connectivity index (χ2v) is 9.56. The standard InChI is InChI=1S/C24H22N2O3S2/c1-28-14-11-12-15(18(13-14)29-2)22(27)26-24-21(16-7-3-5-9-19(16)30-24)23-25-17-8-4-6-10-20(17)31-23/h4,6,8,10-13H,3,5,7,9H2,1-2H3,(H,26,27). The number of fused-ring (bicyclic) bond motifs is 2. The number of hydrogen-bond donors (Lipinski definition) is 1. The van der Waals surface area contributed by atoms with Gasteiger partial charge in [-0.2, -0.15) is 0 Å². The summed E-state index contributed by atoms with van der Waals surface area (Å²) in [7, 11) is 3.15. The van der Waals surface area contributed by atoms with Crippen molar-refractivity contribution in [3.05, 3.63) is 58.5 Å². The Balaban J connectivity index is 1.57. The van der Waals surface area contributed by atoms with Crippen LogP contribution in [0, 0.1) is 0 Å². The highest BCUT2D eigenvalue weighted by molar-refractivity contribution is 7.23. The van der Waals surface area contributed by atoms with E-state index in [2.05, 4.69) is 11.4 Å². The Morgan fingerprint density at radius 2 is 1.87 bits per heavy atom. The maximum Gasteiger partial charge on any atom is 0.260 e. The molecule has 1 aliphatic carbocycles. The van der Waals surface area contributed by atoms with Gasteiger partial charge in [-0.15, -0.1) is 22.7 Å². The van der Waals surface area contributed by atoms with Crippen molar-refractivity contribution >= 4 is 43.8 Å². The maximum atomic E-state index is 13.2. The molecule has 1 aliphatic rings. The summed E-state index contributed by atoms with van der Waals surface area (Å²) in [6.07, 6.45) is 4.44. The second kappa shape index (κ2) is 8.32. The predicted molar refractivity (Wildman–Crippen MR) is 127 cm³/mol. The monoisotopic (exact) mass is 450 g/mol. The van der Waals surface area contributed by atoms with E-state index in [1.807, 2.05) is 18.2 Å². The molecule has 0 aliphatic heterocycles. The van der Waals surface area contributed by atoms with Crippen LogP contribution < -0.4 is 14.8 Å². The highest BCUT2D eigenvalue weighted by Gasteiger charge is 2.26. The number of amides is 1. The molecule has 5 rings (SSSR count). The molecule has 31 heavy (non-hydrogen) atoms. The summed E-state index contributed by atoms with van der Waals surface area (Å²) in [6, 6.07) is 13.4. The number of nitrogens with one attached hydrogen (secondary N) is 1. The number of nitrogens with zero attached hydrogens (tertiary/aromatic N) is 1. The van der Waals surface area contributed by atoms with Gasteiger partial charge in [0, 0.05) is 16.5 Å². The van der Waals surface area contributed by atoms with Crippen LogP contribution in [-0.4, -0.2) is 25.1 Å². The highest BCUT2D eigenvalue weighted by Crippen LogP contribution is 2.46. The number of hydrogen-bond acceptors (Lipinski definition) is 6. The number of aryl methyl sites for hydroxylation is 1. The summed E-state index contributed by atoms with van der Waals surface area (Å²) in [5.41, 5.74) is 3.89. The van der Waals surface area contributed by atoms with E-state index in [1.54, 1.807) is 55.1 Å². The van der Waals surface area contributed by atoms with Gasteiger partial charge >= 0.3 is 0 Å². The van der Waals surface area contributed by atoms with Crippen LogP contribution in [0.1, 0.15) is 33.6 Å². The van der Waals surface area contributed by atoms with E-state index in [0.717, 1.165) is 38.6 Å². The molecule has 0 saturated carbocycles. The van der Waals surface area contributed by atoms with E-state index in [0.29, 0.717) is 17.1 Å². The minimum absolute atomic E-state index is 0.194. The fourth-order valence-electron chi connectivity index (χ4n) is 4.02. The molecular weight excluding hydrogens is 428 g/mol. The van der Waals surface area contributed by atoms with Crippen LogP contribution in [0.4, 0.5) is 5.00 Å². The predicted octanol–water partition coefficient (Wildman–Crippen LogP) is 6.17. The third-order valence-corrected chi connectivity index (χ3v) is 7.82. The second-order valence-electron chi connectivity index (χ2n) is 7.42. The molecule has 0 saturated heterocycles. The number of thiazole rings is 1. The summed E-state index contributed by atoms with van der Waals surface area (Å²) in [5, 5.41) is 5.00. The van der Waals surface area contributed by atoms with Gasteiger partial charge in [0.15, 0.2) is 0 Å². The van der Waals surface area contributed by atoms with Gasteiger partial charge in [-0.1, -0.05) is 12.1 Å². The van der Waals surface area contributed by atoms with Crippen LogP contribution in [0.3, 0.4) is 0 Å². The molecule has 2 aromatic carbocycles. The molecule has 0 fully saturated rings. The molecule has 1 amide bonds. The fraction of sp³-hybridized carbons (Fsp3) is 0.250. The largest absolute Gasteiger partial charge is 0.497 e. The van der Waals surface area contributed by atoms with Gasteiger partial charge in [0.1, 0.15) is 21.5 Å². The third kappa shape index (κ3) is 3.68. The molecule has 4 aromatic rings. The molecule has 1 N–H and O–H groups in total. The molecule has 0 radical (unpaired) electrons. The first-order chi connectivity index (χ1) is 15.2. The average molecular weight is 451 g/mol. The van der Waals surface area contributed by atoms with Crippen molar-refractivity contribution in [3.8, 4) is 22.1 Å². The van der Waals surface area contributed by atoms with Gasteiger partial charge in [0.05, 0.1) is 30.0 Å². The van der Waals surface area contributed by atoms with E-state index in [4.69, 9.17) is 14.5 Å². The van der Waals surface area contributed by atoms with Crippen molar-refractivity contribution in [2.45, 2.75) is 25.7 Å². The highest BCUT2D eigenvalue weighted by atomic mass is 32.1. The number of rotatable bonds is 5. The van der Waals surface area contributed by atoms with E-state index in [9.17, 15) is 4.79 Å². The Labute approximate surface area is 188 Å². The molecule has 7 heteroatoms. The van der Waals surface area contributed by atoms with Gasteiger partial charge in [-0.05, 0) is 55.5 Å². The number of anilines is 1. The zero-order chi connectivity index (χ0) is 21.4. The minimum Gasteiger partial charge on any atom is -0.497 e. The number of carbonyl (C=O) groups excluding carboxylic acids is 1. The van der Waals surface area contributed by atoms with Crippen LogP contribution >= 0.6 is 22.7 Å². The number of aromatic nitrogens is 1. The lowest BCUT2D eigenvalue weighted by molar-refractivity contribution is 0.102. The smallest absolute Gasteiger partial charge is 0.260 e. The molecular formula is C24H22N2O3S2. The Morgan fingerprint density at radius 1 is 1.03 bits per heavy atom. The van der Waals surface area contributed by atoms with E-state index < -0.39 is 0 Å². The van der Waals surface area contributed by atoms with Gasteiger partial charge in [-0.25, -0.2) is 4.98 Å². The number of para-hydroxylation sites is 1. The molecule has 0 bridgehead atoms. The van der Waals surface area contributed by atoms with Crippen molar-refractivity contribution in [2.75, 3.05) is 19.5 Å². The van der Waals surface area contributed by atoms with Gasteiger partial charge in [-0.3, -0.25) is 4.79 Å². The first kappa shape index (κ1) is 20.0. The molecule has 158 valence electrons. The number of carbonyl (C=O) groups is 1. The number of thiophene rings is 1. The first-order valence-electron chi connectivity index (χ1n) is 10.2. The number of benzene rings is 2. The van der Waals surface area contributed by atoms with Crippen LogP contribution in [0.15, 0.2) is 42.5 Å². The van der Waals surface area contributed by atoms with Gasteiger partial charge in [0.2, 0.25) is 0 Å². The van der Waals surface area contributed by atoms with E-state index in [1.165, 1.54) is 23.3 Å². The summed E-state index contributed by atoms with van der Waals surface area (Å²) >= 11 is 3.36. The van der Waals surface area contributed by atoms with Crippen molar-refractivity contribution < 1.29 is 14.3 Å². The number of methoxy groups -OCH3 is 2. The molecule has 0 spiro atoms. The van der Waals surface area contributed by atoms with Crippen LogP contribution in [0.5, 0.6) is 11.5 Å². The molecule has 0 unspecified atom stereocenters. The zero-order valence-corrected chi connectivity index (χ0v) is 19.0. The average Bonchev–Trinajstić information content (AvgIpc) is 3.38. The molecule has 2 heterocycles. The Morgan fingerprint density at radius 3 is 2.68 bits per heavy atom. The quantitative estimate of drug-likeness (QED) is 0.395. The van der Waals surface area contributed by atoms with Gasteiger partial charge < -0.3 is 14.8 Å². The Kier molecular flexibility index (Phi) is 5.38. The summed E-state index contributed by atoms with van der Waals surface area (Å²) < 4.78 is 11.8. The summed E-state index contributed by atoms with van der Waals surface area (Å²) in [6.45, 7) is 0. The summed E-state index contributed by atoms with van der Waals surface area (Å²) in [5.74, 6) is 0.940. The molecule has 5 nitrogen and oxygen atoms in total. The SMILES string of the molecule is COc1ccc(C(=O)Nc2sc3c(c2-c2nc4ccccc4s2)CCCC3)c(OC)c1. The van der Waals surface area contributed by atoms with Crippen molar-refractivity contribution in [1.82, 2.24) is 4.98 Å². The summed E-state index contributed by atoms with van der Waals surface area (Å²) in [4.78, 5) is 19.5. The lowest BCUT2D eigenvalue weighted by Crippen LogP contribution is -2.13. The maximum absolute atomic E-state index is 13.2. The van der Waals surface area contributed by atoms with E-state index in [-0.39, 0.29) is 5.91 Å². The lowest BCUT2D eigenvalue weighted by atomic mass is 9.95. The third-order valence-electron chi connectivity index (χ3n) is 5.56. The van der Waals surface area contributed by atoms with Crippen molar-refractivity contribution in [2.24, 2.45) is 0 Å². The zero-order valence-electron chi connectivity index (χ0n) is 17.4. The topological polar surface area (TPSA) is 60.5 Å². The van der Waals surface area contributed by atoms with E-state index >= 15 is 0 Å². The van der Waals surface area contributed by atoms with Crippen LogP contribution in [0.25, 0.3) is 20.8 Å². The Bertz CT molecular complexity index is 1240. The fourth-order valence-corrected chi connectivity index (χ4v) is 6.41. The number of ether oxygens (including phenoxy) is 2. The van der Waals surface area contributed by atoms with Crippen LogP contribution in [-0.2, 0) is 12.8 Å². The molecule has 2 aromatic heterocycles. The lowest BCUT2D eigenvalue weighted by Gasteiger charge is -2.12. The molecule has 0 atom stereocenters. The van der Waals surface area contributed by atoms with Crippen molar-refractivity contribution in [1.29, 1.82) is 0 Å². The van der Waals surface area contributed by atoms with Gasteiger partial charge in [0.25, 0.3) is 5.91 Å².